The summed E-state index contributed by atoms with van der Waals surface area (Å²) in [6, 6.07) is 0. The molecule has 1 aromatic heterocycles. The Morgan fingerprint density at radius 3 is 2.19 bits per heavy atom. The molecule has 1 aromatic rings. The molecular weight excluding hydrogens is 268 g/mol. The zero-order valence-corrected chi connectivity index (χ0v) is 12.7. The summed E-state index contributed by atoms with van der Waals surface area (Å²) >= 11 is 0. The van der Waals surface area contributed by atoms with Crippen LogP contribution in [0.15, 0.2) is 0 Å². The zero-order chi connectivity index (χ0) is 14.5. The van der Waals surface area contributed by atoms with Crippen LogP contribution in [0.4, 0.5) is 17.8 Å². The van der Waals surface area contributed by atoms with Gasteiger partial charge < -0.3 is 19.9 Å². The van der Waals surface area contributed by atoms with Crippen LogP contribution in [0.25, 0.3) is 0 Å². The highest BCUT2D eigenvalue weighted by Gasteiger charge is 2.19. The van der Waals surface area contributed by atoms with Gasteiger partial charge in [-0.25, -0.2) is 0 Å². The molecule has 116 valence electrons. The van der Waals surface area contributed by atoms with E-state index in [1.54, 1.807) is 0 Å². The van der Waals surface area contributed by atoms with Gasteiger partial charge in [0.2, 0.25) is 17.8 Å². The SMILES string of the molecule is CNc1nc(N2CCCCC2)nc(N2CCCOCC2)n1. The Hall–Kier alpha value is -1.63. The summed E-state index contributed by atoms with van der Waals surface area (Å²) in [5.41, 5.74) is 0. The molecule has 1 N–H and O–H groups in total. The van der Waals surface area contributed by atoms with Crippen molar-refractivity contribution in [3.05, 3.63) is 0 Å². The average Bonchev–Trinajstić information content (AvgIpc) is 2.84. The number of hydrogen-bond acceptors (Lipinski definition) is 7. The van der Waals surface area contributed by atoms with Gasteiger partial charge in [-0.2, -0.15) is 15.0 Å². The Balaban J connectivity index is 1.84. The van der Waals surface area contributed by atoms with Gasteiger partial charge in [0.1, 0.15) is 0 Å². The highest BCUT2D eigenvalue weighted by Crippen LogP contribution is 2.20. The van der Waals surface area contributed by atoms with Crippen LogP contribution in [0.5, 0.6) is 0 Å². The van der Waals surface area contributed by atoms with Crippen molar-refractivity contribution in [1.29, 1.82) is 0 Å². The fourth-order valence-corrected chi connectivity index (χ4v) is 2.79. The Bertz CT molecular complexity index is 455. The molecule has 0 unspecified atom stereocenters. The Morgan fingerprint density at radius 1 is 0.810 bits per heavy atom. The lowest BCUT2D eigenvalue weighted by Crippen LogP contribution is -2.33. The number of hydrogen-bond donors (Lipinski definition) is 1. The van der Waals surface area contributed by atoms with Crippen molar-refractivity contribution >= 4 is 17.8 Å². The van der Waals surface area contributed by atoms with Crippen LogP contribution >= 0.6 is 0 Å². The minimum Gasteiger partial charge on any atom is -0.380 e. The third-order valence-corrected chi connectivity index (χ3v) is 3.98. The van der Waals surface area contributed by atoms with Gasteiger partial charge in [0, 0.05) is 39.8 Å². The van der Waals surface area contributed by atoms with Gasteiger partial charge in [-0.15, -0.1) is 0 Å². The lowest BCUT2D eigenvalue weighted by atomic mass is 10.1. The smallest absolute Gasteiger partial charge is 0.232 e. The standard InChI is InChI=1S/C14H24N6O/c1-15-12-16-13(19-6-3-2-4-7-19)18-14(17-12)20-8-5-10-21-11-9-20/h2-11H2,1H3,(H,15,16,17,18). The summed E-state index contributed by atoms with van der Waals surface area (Å²) in [4.78, 5) is 18.2. The lowest BCUT2D eigenvalue weighted by Gasteiger charge is -2.28. The topological polar surface area (TPSA) is 66.4 Å². The van der Waals surface area contributed by atoms with Gasteiger partial charge >= 0.3 is 0 Å². The number of nitrogens with zero attached hydrogens (tertiary/aromatic N) is 5. The van der Waals surface area contributed by atoms with Crippen LogP contribution in [0, 0.1) is 0 Å². The van der Waals surface area contributed by atoms with E-state index in [2.05, 4.69) is 25.1 Å². The predicted molar refractivity (Wildman–Crippen MR) is 83.1 cm³/mol. The second-order valence-electron chi connectivity index (χ2n) is 5.51. The van der Waals surface area contributed by atoms with E-state index in [-0.39, 0.29) is 0 Å². The van der Waals surface area contributed by atoms with Gasteiger partial charge in [-0.05, 0) is 25.7 Å². The first-order valence-electron chi connectivity index (χ1n) is 7.88. The van der Waals surface area contributed by atoms with Gasteiger partial charge in [-0.3, -0.25) is 0 Å². The largest absolute Gasteiger partial charge is 0.380 e. The van der Waals surface area contributed by atoms with E-state index in [0.717, 1.165) is 57.7 Å². The van der Waals surface area contributed by atoms with Gasteiger partial charge in [-0.1, -0.05) is 0 Å². The maximum Gasteiger partial charge on any atom is 0.232 e. The molecule has 2 saturated heterocycles. The molecule has 7 heteroatoms. The van der Waals surface area contributed by atoms with Crippen molar-refractivity contribution < 1.29 is 4.74 Å². The van der Waals surface area contributed by atoms with E-state index in [1.165, 1.54) is 19.3 Å². The second kappa shape index (κ2) is 6.89. The highest BCUT2D eigenvalue weighted by molar-refractivity contribution is 5.45. The molecule has 2 fully saturated rings. The second-order valence-corrected chi connectivity index (χ2v) is 5.51. The van der Waals surface area contributed by atoms with Crippen LogP contribution in [-0.4, -0.2) is 61.4 Å². The number of nitrogens with one attached hydrogen (secondary N) is 1. The van der Waals surface area contributed by atoms with Gasteiger partial charge in [0.25, 0.3) is 0 Å². The van der Waals surface area contributed by atoms with Crippen molar-refractivity contribution in [1.82, 2.24) is 15.0 Å². The number of aromatic nitrogens is 3. The minimum atomic E-state index is 0.644. The lowest BCUT2D eigenvalue weighted by molar-refractivity contribution is 0.152. The average molecular weight is 292 g/mol. The van der Waals surface area contributed by atoms with Crippen LogP contribution < -0.4 is 15.1 Å². The van der Waals surface area contributed by atoms with E-state index in [9.17, 15) is 0 Å². The molecule has 0 bridgehead atoms. The predicted octanol–water partition coefficient (Wildman–Crippen LogP) is 1.13. The monoisotopic (exact) mass is 292 g/mol. The van der Waals surface area contributed by atoms with Crippen molar-refractivity contribution in [2.75, 3.05) is 61.6 Å². The molecule has 0 aliphatic carbocycles. The summed E-state index contributed by atoms with van der Waals surface area (Å²) < 4.78 is 5.51. The van der Waals surface area contributed by atoms with Crippen LogP contribution in [0.2, 0.25) is 0 Å². The van der Waals surface area contributed by atoms with Crippen molar-refractivity contribution in [3.63, 3.8) is 0 Å². The molecule has 0 aromatic carbocycles. The Labute approximate surface area is 125 Å². The maximum absolute atomic E-state index is 5.51. The Morgan fingerprint density at radius 2 is 1.48 bits per heavy atom. The molecule has 21 heavy (non-hydrogen) atoms. The fraction of sp³-hybridized carbons (Fsp3) is 0.786. The van der Waals surface area contributed by atoms with Crippen LogP contribution in [0.1, 0.15) is 25.7 Å². The normalized spacial score (nSPS) is 20.2. The summed E-state index contributed by atoms with van der Waals surface area (Å²) in [6.07, 6.45) is 4.75. The molecule has 2 aliphatic heterocycles. The molecule has 0 radical (unpaired) electrons. The first kappa shape index (κ1) is 14.3. The summed E-state index contributed by atoms with van der Waals surface area (Å²) in [5, 5.41) is 3.05. The first-order valence-corrected chi connectivity index (χ1v) is 7.88. The highest BCUT2D eigenvalue weighted by atomic mass is 16.5. The first-order chi connectivity index (χ1) is 10.4. The van der Waals surface area contributed by atoms with Crippen molar-refractivity contribution in [2.45, 2.75) is 25.7 Å². The number of anilines is 3. The van der Waals surface area contributed by atoms with E-state index in [1.807, 2.05) is 7.05 Å². The minimum absolute atomic E-state index is 0.644. The van der Waals surface area contributed by atoms with Crippen molar-refractivity contribution in [3.8, 4) is 0 Å². The molecule has 0 atom stereocenters. The summed E-state index contributed by atoms with van der Waals surface area (Å²) in [6.45, 7) is 5.41. The third kappa shape index (κ3) is 3.53. The molecule has 0 amide bonds. The number of rotatable bonds is 3. The van der Waals surface area contributed by atoms with Crippen LogP contribution in [-0.2, 0) is 4.74 Å². The van der Waals surface area contributed by atoms with E-state index < -0.39 is 0 Å². The molecule has 0 spiro atoms. The zero-order valence-electron chi connectivity index (χ0n) is 12.7. The summed E-state index contributed by atoms with van der Waals surface area (Å²) in [7, 11) is 1.85. The molecular formula is C14H24N6O. The maximum atomic E-state index is 5.51. The van der Waals surface area contributed by atoms with Crippen molar-refractivity contribution in [2.24, 2.45) is 0 Å². The fourth-order valence-electron chi connectivity index (χ4n) is 2.79. The quantitative estimate of drug-likeness (QED) is 0.895. The molecule has 0 saturated carbocycles. The van der Waals surface area contributed by atoms with E-state index >= 15 is 0 Å². The van der Waals surface area contributed by atoms with E-state index in [0.29, 0.717) is 5.95 Å². The third-order valence-electron chi connectivity index (χ3n) is 3.98. The molecule has 2 aliphatic rings. The molecule has 7 nitrogen and oxygen atoms in total. The number of ether oxygens (including phenoxy) is 1. The van der Waals surface area contributed by atoms with Crippen LogP contribution in [0.3, 0.4) is 0 Å². The molecule has 3 heterocycles. The Kier molecular flexibility index (Phi) is 4.69. The molecule has 3 rings (SSSR count). The van der Waals surface area contributed by atoms with E-state index in [4.69, 9.17) is 9.72 Å². The van der Waals surface area contributed by atoms with Gasteiger partial charge in [0.05, 0.1) is 6.61 Å². The number of piperidine rings is 1. The summed E-state index contributed by atoms with van der Waals surface area (Å²) in [5.74, 6) is 2.21. The van der Waals surface area contributed by atoms with Gasteiger partial charge in [0.15, 0.2) is 0 Å².